The van der Waals surface area contributed by atoms with Crippen LogP contribution < -0.4 is 0 Å². The zero-order chi connectivity index (χ0) is 16.8. The van der Waals surface area contributed by atoms with E-state index in [2.05, 4.69) is 0 Å². The van der Waals surface area contributed by atoms with E-state index in [9.17, 15) is 9.32 Å². The molecule has 1 N–H and O–H groups in total. The predicted molar refractivity (Wildman–Crippen MR) is 99.0 cm³/mol. The Labute approximate surface area is 145 Å². The molecule has 0 saturated heterocycles. The van der Waals surface area contributed by atoms with Gasteiger partial charge in [0.2, 0.25) is 0 Å². The molecule has 0 aliphatic carbocycles. The standard InChI is InChI=1S/C21H20O2S/c22-21(19-12-6-2-7-13-19,20-14-8-3-9-15-20)17-24(23)16-18-10-4-1-5-11-18/h1-15,22H,16-17H2/t24-/m0/s1. The summed E-state index contributed by atoms with van der Waals surface area (Å²) in [4.78, 5) is 0. The normalized spacial score (nSPS) is 12.7. The van der Waals surface area contributed by atoms with E-state index in [4.69, 9.17) is 0 Å². The molecule has 0 radical (unpaired) electrons. The molecule has 0 aliphatic rings. The minimum absolute atomic E-state index is 0.163. The Bertz CT molecular complexity index is 746. The molecule has 2 nitrogen and oxygen atoms in total. The molecule has 0 spiro atoms. The highest BCUT2D eigenvalue weighted by atomic mass is 32.2. The van der Waals surface area contributed by atoms with Crippen molar-refractivity contribution in [1.29, 1.82) is 0 Å². The van der Waals surface area contributed by atoms with E-state index in [1.165, 1.54) is 0 Å². The topological polar surface area (TPSA) is 37.3 Å². The lowest BCUT2D eigenvalue weighted by atomic mass is 9.88. The molecular weight excluding hydrogens is 316 g/mol. The van der Waals surface area contributed by atoms with Crippen molar-refractivity contribution in [3.05, 3.63) is 108 Å². The molecule has 3 rings (SSSR count). The maximum atomic E-state index is 12.7. The van der Waals surface area contributed by atoms with E-state index in [0.29, 0.717) is 5.75 Å². The monoisotopic (exact) mass is 336 g/mol. The quantitative estimate of drug-likeness (QED) is 0.742. The van der Waals surface area contributed by atoms with E-state index in [1.807, 2.05) is 91.0 Å². The second-order valence-corrected chi connectivity index (χ2v) is 7.26. The first kappa shape index (κ1) is 16.6. The Morgan fingerprint density at radius 1 is 0.708 bits per heavy atom. The van der Waals surface area contributed by atoms with Crippen LogP contribution in [0.4, 0.5) is 0 Å². The summed E-state index contributed by atoms with van der Waals surface area (Å²) in [5.74, 6) is 0.596. The fraction of sp³-hybridized carbons (Fsp3) is 0.143. The summed E-state index contributed by atoms with van der Waals surface area (Å²) in [6, 6.07) is 28.7. The van der Waals surface area contributed by atoms with Gasteiger partial charge in [-0.1, -0.05) is 91.0 Å². The van der Waals surface area contributed by atoms with Gasteiger partial charge >= 0.3 is 0 Å². The Morgan fingerprint density at radius 3 is 1.58 bits per heavy atom. The summed E-state index contributed by atoms with van der Waals surface area (Å²) in [7, 11) is -1.19. The minimum Gasteiger partial charge on any atom is -0.379 e. The molecule has 3 aromatic rings. The number of aliphatic hydroxyl groups is 1. The van der Waals surface area contributed by atoms with E-state index in [-0.39, 0.29) is 5.75 Å². The van der Waals surface area contributed by atoms with Gasteiger partial charge in [0, 0.05) is 16.6 Å². The first-order valence-electron chi connectivity index (χ1n) is 7.91. The molecule has 0 heterocycles. The van der Waals surface area contributed by atoms with Crippen LogP contribution in [-0.2, 0) is 22.2 Å². The summed E-state index contributed by atoms with van der Waals surface area (Å²) < 4.78 is 12.7. The Kier molecular flexibility index (Phi) is 5.24. The van der Waals surface area contributed by atoms with Crippen molar-refractivity contribution in [3.8, 4) is 0 Å². The lowest BCUT2D eigenvalue weighted by Crippen LogP contribution is -2.34. The molecule has 0 saturated carbocycles. The number of hydrogen-bond acceptors (Lipinski definition) is 2. The van der Waals surface area contributed by atoms with Crippen molar-refractivity contribution < 1.29 is 9.32 Å². The maximum Gasteiger partial charge on any atom is 0.126 e. The summed E-state index contributed by atoms with van der Waals surface area (Å²) in [6.07, 6.45) is 0. The average molecular weight is 336 g/mol. The third-order valence-corrected chi connectivity index (χ3v) is 5.44. The van der Waals surface area contributed by atoms with E-state index < -0.39 is 16.4 Å². The lowest BCUT2D eigenvalue weighted by Gasteiger charge is -2.29. The van der Waals surface area contributed by atoms with Crippen molar-refractivity contribution in [2.24, 2.45) is 0 Å². The highest BCUT2D eigenvalue weighted by molar-refractivity contribution is 7.84. The van der Waals surface area contributed by atoms with Gasteiger partial charge in [-0.2, -0.15) is 0 Å². The van der Waals surface area contributed by atoms with Crippen LogP contribution in [0.5, 0.6) is 0 Å². The van der Waals surface area contributed by atoms with Crippen molar-refractivity contribution in [3.63, 3.8) is 0 Å². The van der Waals surface area contributed by atoms with Crippen LogP contribution in [0.2, 0.25) is 0 Å². The van der Waals surface area contributed by atoms with Crippen molar-refractivity contribution in [2.45, 2.75) is 11.4 Å². The molecule has 3 heteroatoms. The highest BCUT2D eigenvalue weighted by Crippen LogP contribution is 2.31. The summed E-state index contributed by atoms with van der Waals surface area (Å²) in [5.41, 5.74) is 1.27. The second-order valence-electron chi connectivity index (χ2n) is 5.81. The van der Waals surface area contributed by atoms with Gasteiger partial charge in [0.25, 0.3) is 0 Å². The summed E-state index contributed by atoms with van der Waals surface area (Å²) in [6.45, 7) is 0. The van der Waals surface area contributed by atoms with Crippen LogP contribution in [0, 0.1) is 0 Å². The summed E-state index contributed by atoms with van der Waals surface area (Å²) in [5, 5.41) is 11.4. The van der Waals surface area contributed by atoms with Gasteiger partial charge in [0.1, 0.15) is 5.60 Å². The number of benzene rings is 3. The highest BCUT2D eigenvalue weighted by Gasteiger charge is 2.33. The van der Waals surface area contributed by atoms with E-state index in [1.54, 1.807) is 0 Å². The number of hydrogen-bond donors (Lipinski definition) is 1. The fourth-order valence-corrected chi connectivity index (χ4v) is 4.27. The van der Waals surface area contributed by atoms with Gasteiger partial charge in [0.05, 0.1) is 5.75 Å². The van der Waals surface area contributed by atoms with Crippen molar-refractivity contribution in [2.75, 3.05) is 5.75 Å². The van der Waals surface area contributed by atoms with E-state index in [0.717, 1.165) is 16.7 Å². The predicted octanol–water partition coefficient (Wildman–Crippen LogP) is 3.87. The molecule has 0 amide bonds. The zero-order valence-corrected chi connectivity index (χ0v) is 14.2. The smallest absolute Gasteiger partial charge is 0.126 e. The van der Waals surface area contributed by atoms with Gasteiger partial charge < -0.3 is 5.11 Å². The van der Waals surface area contributed by atoms with Crippen LogP contribution >= 0.6 is 0 Å². The van der Waals surface area contributed by atoms with Gasteiger partial charge in [-0.3, -0.25) is 4.21 Å². The number of rotatable bonds is 6. The molecular formula is C21H20O2S. The molecule has 24 heavy (non-hydrogen) atoms. The first-order valence-corrected chi connectivity index (χ1v) is 9.39. The van der Waals surface area contributed by atoms with Crippen molar-refractivity contribution >= 4 is 10.8 Å². The Morgan fingerprint density at radius 2 is 1.12 bits per heavy atom. The van der Waals surface area contributed by atoms with Crippen LogP contribution in [0.3, 0.4) is 0 Å². The van der Waals surface area contributed by atoms with Crippen LogP contribution in [-0.4, -0.2) is 15.1 Å². The SMILES string of the molecule is O=[S@@](Cc1ccccc1)CC(O)(c1ccccc1)c1ccccc1. The molecule has 0 bridgehead atoms. The lowest BCUT2D eigenvalue weighted by molar-refractivity contribution is 0.106. The van der Waals surface area contributed by atoms with Crippen molar-refractivity contribution in [1.82, 2.24) is 0 Å². The Balaban J connectivity index is 1.90. The van der Waals surface area contributed by atoms with Gasteiger partial charge in [-0.05, 0) is 16.7 Å². The fourth-order valence-electron chi connectivity index (χ4n) is 2.81. The van der Waals surface area contributed by atoms with Gasteiger partial charge in [-0.15, -0.1) is 0 Å². The van der Waals surface area contributed by atoms with Crippen LogP contribution in [0.15, 0.2) is 91.0 Å². The Hall–Kier alpha value is -2.23. The molecule has 0 fully saturated rings. The zero-order valence-electron chi connectivity index (χ0n) is 13.3. The maximum absolute atomic E-state index is 12.7. The summed E-state index contributed by atoms with van der Waals surface area (Å²) >= 11 is 0. The largest absolute Gasteiger partial charge is 0.379 e. The molecule has 3 aromatic carbocycles. The minimum atomic E-state index is -1.26. The van der Waals surface area contributed by atoms with Gasteiger partial charge in [-0.25, -0.2) is 0 Å². The molecule has 0 aliphatic heterocycles. The molecule has 122 valence electrons. The third kappa shape index (κ3) is 3.81. The van der Waals surface area contributed by atoms with Crippen LogP contribution in [0.1, 0.15) is 16.7 Å². The van der Waals surface area contributed by atoms with E-state index >= 15 is 0 Å². The molecule has 0 unspecified atom stereocenters. The molecule has 1 atom stereocenters. The average Bonchev–Trinajstić information content (AvgIpc) is 2.64. The van der Waals surface area contributed by atoms with Crippen LogP contribution in [0.25, 0.3) is 0 Å². The molecule has 0 aromatic heterocycles. The second kappa shape index (κ2) is 7.56. The van der Waals surface area contributed by atoms with Gasteiger partial charge in [0.15, 0.2) is 0 Å². The first-order chi connectivity index (χ1) is 11.7. The third-order valence-electron chi connectivity index (χ3n) is 4.04.